The summed E-state index contributed by atoms with van der Waals surface area (Å²) < 4.78 is 2.10. The fraction of sp³-hybridized carbons (Fsp3) is 0.727. The monoisotopic (exact) mass is 193 g/mol. The Kier molecular flexibility index (Phi) is 2.05. The first kappa shape index (κ1) is 9.56. The molecule has 0 saturated carbocycles. The van der Waals surface area contributed by atoms with Gasteiger partial charge in [0.05, 0.1) is 17.1 Å². The van der Waals surface area contributed by atoms with E-state index in [2.05, 4.69) is 30.6 Å². The number of hydrogen-bond acceptors (Lipinski definition) is 2. The number of rotatable bonds is 0. The Hall–Kier alpha value is -0.990. The van der Waals surface area contributed by atoms with Gasteiger partial charge in [0.25, 0.3) is 0 Å². The van der Waals surface area contributed by atoms with Gasteiger partial charge >= 0.3 is 0 Å². The summed E-state index contributed by atoms with van der Waals surface area (Å²) in [6, 6.07) is 0. The molecule has 1 aromatic rings. The Balaban J connectivity index is 2.49. The highest BCUT2D eigenvalue weighted by Gasteiger charge is 2.25. The third-order valence-corrected chi connectivity index (χ3v) is 2.84. The van der Waals surface area contributed by atoms with Crippen molar-refractivity contribution in [2.45, 2.75) is 52.0 Å². The molecule has 0 atom stereocenters. The summed E-state index contributed by atoms with van der Waals surface area (Å²) in [5.41, 5.74) is 9.43. The van der Waals surface area contributed by atoms with E-state index in [0.717, 1.165) is 24.3 Å². The number of aryl methyl sites for hydroxylation is 1. The van der Waals surface area contributed by atoms with Crippen molar-refractivity contribution < 1.29 is 0 Å². The van der Waals surface area contributed by atoms with Crippen LogP contribution in [0.4, 0.5) is 5.69 Å². The van der Waals surface area contributed by atoms with Gasteiger partial charge < -0.3 is 5.73 Å². The first-order valence-corrected chi connectivity index (χ1v) is 5.36. The van der Waals surface area contributed by atoms with Gasteiger partial charge in [-0.3, -0.25) is 4.68 Å². The molecule has 0 unspecified atom stereocenters. The topological polar surface area (TPSA) is 43.8 Å². The third-order valence-electron chi connectivity index (χ3n) is 2.84. The van der Waals surface area contributed by atoms with E-state index in [0.29, 0.717) is 0 Å². The van der Waals surface area contributed by atoms with Gasteiger partial charge in [0.1, 0.15) is 0 Å². The first-order chi connectivity index (χ1) is 6.50. The highest BCUT2D eigenvalue weighted by atomic mass is 15.3. The van der Waals surface area contributed by atoms with Crippen LogP contribution in [0.25, 0.3) is 0 Å². The van der Waals surface area contributed by atoms with Crippen LogP contribution in [0.15, 0.2) is 0 Å². The molecule has 1 aromatic heterocycles. The Morgan fingerprint density at radius 3 is 2.57 bits per heavy atom. The number of hydrogen-bond donors (Lipinski definition) is 1. The molecule has 78 valence electrons. The Morgan fingerprint density at radius 1 is 1.29 bits per heavy atom. The maximum absolute atomic E-state index is 6.13. The fourth-order valence-electron chi connectivity index (χ4n) is 2.07. The van der Waals surface area contributed by atoms with Crippen molar-refractivity contribution in [1.29, 1.82) is 0 Å². The minimum atomic E-state index is 0.0639. The zero-order chi connectivity index (χ0) is 10.3. The molecule has 3 nitrogen and oxygen atoms in total. The second kappa shape index (κ2) is 3.01. The number of nitrogen functional groups attached to an aromatic ring is 1. The van der Waals surface area contributed by atoms with E-state index in [4.69, 9.17) is 5.73 Å². The second-order valence-electron chi connectivity index (χ2n) is 5.14. The highest BCUT2D eigenvalue weighted by Crippen LogP contribution is 2.31. The molecule has 0 amide bonds. The predicted molar refractivity (Wildman–Crippen MR) is 58.3 cm³/mol. The van der Waals surface area contributed by atoms with Gasteiger partial charge in [-0.25, -0.2) is 0 Å². The molecule has 2 N–H and O–H groups in total. The zero-order valence-corrected chi connectivity index (χ0v) is 9.30. The van der Waals surface area contributed by atoms with E-state index in [1.54, 1.807) is 0 Å². The molecule has 1 aliphatic heterocycles. The summed E-state index contributed by atoms with van der Waals surface area (Å²) in [7, 11) is 0. The van der Waals surface area contributed by atoms with Crippen LogP contribution in [-0.2, 0) is 18.4 Å². The molecule has 0 spiro atoms. The summed E-state index contributed by atoms with van der Waals surface area (Å²) in [5, 5.41) is 4.61. The number of anilines is 1. The van der Waals surface area contributed by atoms with E-state index in [-0.39, 0.29) is 5.41 Å². The number of fused-ring (bicyclic) bond motifs is 1. The lowest BCUT2D eigenvalue weighted by molar-refractivity contribution is 0.470. The van der Waals surface area contributed by atoms with Gasteiger partial charge in [-0.2, -0.15) is 5.10 Å². The van der Waals surface area contributed by atoms with Crippen molar-refractivity contribution in [3.8, 4) is 0 Å². The maximum Gasteiger partial charge on any atom is 0.0910 e. The number of nitrogens with two attached hydrogens (primary N) is 1. The number of aromatic nitrogens is 2. The predicted octanol–water partition coefficient (Wildman–Crippen LogP) is 2.10. The summed E-state index contributed by atoms with van der Waals surface area (Å²) in [6.07, 6.45) is 3.58. The summed E-state index contributed by atoms with van der Waals surface area (Å²) in [6.45, 7) is 7.53. The second-order valence-corrected chi connectivity index (χ2v) is 5.14. The zero-order valence-electron chi connectivity index (χ0n) is 9.30. The quantitative estimate of drug-likeness (QED) is 0.685. The molecule has 0 fully saturated rings. The Labute approximate surface area is 85.3 Å². The van der Waals surface area contributed by atoms with Crippen LogP contribution < -0.4 is 5.73 Å². The van der Waals surface area contributed by atoms with E-state index in [1.807, 2.05) is 0 Å². The van der Waals surface area contributed by atoms with Crippen molar-refractivity contribution in [1.82, 2.24) is 9.78 Å². The minimum absolute atomic E-state index is 0.0639. The van der Waals surface area contributed by atoms with Crippen molar-refractivity contribution >= 4 is 5.69 Å². The van der Waals surface area contributed by atoms with E-state index in [1.165, 1.54) is 18.5 Å². The summed E-state index contributed by atoms with van der Waals surface area (Å²) in [5.74, 6) is 0. The van der Waals surface area contributed by atoms with Crippen LogP contribution in [0.2, 0.25) is 0 Å². The average Bonchev–Trinajstić information content (AvgIpc) is 2.44. The van der Waals surface area contributed by atoms with Crippen LogP contribution in [0.3, 0.4) is 0 Å². The summed E-state index contributed by atoms with van der Waals surface area (Å²) >= 11 is 0. The Bertz CT molecular complexity index is 344. The first-order valence-electron chi connectivity index (χ1n) is 5.36. The van der Waals surface area contributed by atoms with E-state index < -0.39 is 0 Å². The van der Waals surface area contributed by atoms with Gasteiger partial charge in [-0.15, -0.1) is 0 Å². The van der Waals surface area contributed by atoms with Crippen molar-refractivity contribution in [3.63, 3.8) is 0 Å². The standard InChI is InChI=1S/C11H19N3/c1-11(2,3)10-9(12)8-6-4-5-7-14(8)13-10/h4-7,12H2,1-3H3. The molecule has 0 radical (unpaired) electrons. The summed E-state index contributed by atoms with van der Waals surface area (Å²) in [4.78, 5) is 0. The molecule has 14 heavy (non-hydrogen) atoms. The van der Waals surface area contributed by atoms with Crippen LogP contribution in [-0.4, -0.2) is 9.78 Å². The van der Waals surface area contributed by atoms with Gasteiger partial charge in [-0.1, -0.05) is 20.8 Å². The fourth-order valence-corrected chi connectivity index (χ4v) is 2.07. The smallest absolute Gasteiger partial charge is 0.0910 e. The van der Waals surface area contributed by atoms with Crippen LogP contribution >= 0.6 is 0 Å². The van der Waals surface area contributed by atoms with Crippen molar-refractivity contribution in [2.75, 3.05) is 5.73 Å². The largest absolute Gasteiger partial charge is 0.396 e. The third kappa shape index (κ3) is 1.41. The van der Waals surface area contributed by atoms with Crippen molar-refractivity contribution in [2.24, 2.45) is 0 Å². The maximum atomic E-state index is 6.13. The molecule has 2 heterocycles. The Morgan fingerprint density at radius 2 is 2.00 bits per heavy atom. The molecular weight excluding hydrogens is 174 g/mol. The molecule has 0 saturated heterocycles. The van der Waals surface area contributed by atoms with Crippen LogP contribution in [0, 0.1) is 0 Å². The lowest BCUT2D eigenvalue weighted by Gasteiger charge is -2.15. The van der Waals surface area contributed by atoms with Gasteiger partial charge in [-0.05, 0) is 19.3 Å². The molecule has 0 bridgehead atoms. The minimum Gasteiger partial charge on any atom is -0.396 e. The molecule has 1 aliphatic rings. The van der Waals surface area contributed by atoms with E-state index in [9.17, 15) is 0 Å². The van der Waals surface area contributed by atoms with E-state index >= 15 is 0 Å². The molecule has 3 heteroatoms. The van der Waals surface area contributed by atoms with Crippen molar-refractivity contribution in [3.05, 3.63) is 11.4 Å². The van der Waals surface area contributed by atoms with Gasteiger partial charge in [0, 0.05) is 12.0 Å². The molecular formula is C11H19N3. The van der Waals surface area contributed by atoms with Crippen LogP contribution in [0.5, 0.6) is 0 Å². The molecule has 2 rings (SSSR count). The average molecular weight is 193 g/mol. The van der Waals surface area contributed by atoms with Gasteiger partial charge in [0.15, 0.2) is 0 Å². The lowest BCUT2D eigenvalue weighted by Crippen LogP contribution is -2.14. The van der Waals surface area contributed by atoms with Gasteiger partial charge in [0.2, 0.25) is 0 Å². The lowest BCUT2D eigenvalue weighted by atomic mass is 9.90. The SMILES string of the molecule is CC(C)(C)c1nn2c(c1N)CCCC2. The molecule has 0 aliphatic carbocycles. The molecule has 0 aromatic carbocycles. The normalized spacial score (nSPS) is 16.8. The van der Waals surface area contributed by atoms with Crippen LogP contribution in [0.1, 0.15) is 45.0 Å². The number of nitrogens with zero attached hydrogens (tertiary/aromatic N) is 2. The highest BCUT2D eigenvalue weighted by molar-refractivity contribution is 5.51.